The summed E-state index contributed by atoms with van der Waals surface area (Å²) in [6, 6.07) is 3.47. The largest absolute Gasteiger partial charge is 0.347 e. The fourth-order valence-corrected chi connectivity index (χ4v) is 4.09. The quantitative estimate of drug-likeness (QED) is 0.817. The minimum absolute atomic E-state index is 0.0583. The van der Waals surface area contributed by atoms with Crippen molar-refractivity contribution in [2.45, 2.75) is 44.8 Å². The molecule has 8 heteroatoms. The number of rotatable bonds is 4. The van der Waals surface area contributed by atoms with Crippen LogP contribution in [0.1, 0.15) is 37.0 Å². The van der Waals surface area contributed by atoms with Gasteiger partial charge in [-0.2, -0.15) is 0 Å². The van der Waals surface area contributed by atoms with Crippen molar-refractivity contribution in [3.05, 3.63) is 33.8 Å². The van der Waals surface area contributed by atoms with Gasteiger partial charge in [-0.25, -0.2) is 0 Å². The van der Waals surface area contributed by atoms with Crippen molar-refractivity contribution in [1.29, 1.82) is 0 Å². The number of fused-ring (bicyclic) bond motifs is 1. The summed E-state index contributed by atoms with van der Waals surface area (Å²) in [6.07, 6.45) is 1.17. The Morgan fingerprint density at radius 3 is 2.62 bits per heavy atom. The molecule has 0 bridgehead atoms. The van der Waals surface area contributed by atoms with Gasteiger partial charge in [-0.3, -0.25) is 14.4 Å². The van der Waals surface area contributed by atoms with E-state index in [1.807, 2.05) is 13.8 Å². The molecule has 1 aromatic carbocycles. The van der Waals surface area contributed by atoms with Gasteiger partial charge in [0, 0.05) is 12.6 Å². The summed E-state index contributed by atoms with van der Waals surface area (Å²) in [5.41, 5.74) is 0.203. The van der Waals surface area contributed by atoms with Crippen molar-refractivity contribution >= 4 is 40.9 Å². The van der Waals surface area contributed by atoms with E-state index in [4.69, 9.17) is 23.2 Å². The highest BCUT2D eigenvalue weighted by molar-refractivity contribution is 6.39. The molecule has 4 atom stereocenters. The lowest BCUT2D eigenvalue weighted by Gasteiger charge is -2.36. The fraction of sp³-hybridized carbons (Fsp3) is 0.500. The van der Waals surface area contributed by atoms with Gasteiger partial charge in [0.2, 0.25) is 11.8 Å². The Balaban J connectivity index is 1.73. The van der Waals surface area contributed by atoms with Crippen LogP contribution < -0.4 is 10.6 Å². The van der Waals surface area contributed by atoms with Crippen molar-refractivity contribution in [2.75, 3.05) is 6.54 Å². The lowest BCUT2D eigenvalue weighted by molar-refractivity contribution is -0.148. The summed E-state index contributed by atoms with van der Waals surface area (Å²) in [5, 5.41) is 6.20. The molecule has 2 heterocycles. The molecule has 2 saturated heterocycles. The number of nitrogens with one attached hydrogen (secondary N) is 2. The van der Waals surface area contributed by atoms with Crippen molar-refractivity contribution in [2.24, 2.45) is 5.92 Å². The number of amides is 3. The first-order valence-electron chi connectivity index (χ1n) is 8.69. The van der Waals surface area contributed by atoms with E-state index in [0.29, 0.717) is 13.0 Å². The Morgan fingerprint density at radius 2 is 2.00 bits per heavy atom. The zero-order valence-corrected chi connectivity index (χ0v) is 16.1. The maximum Gasteiger partial charge on any atom is 0.254 e. The SMILES string of the molecule is CC[C@H](C)[C@@H]1NC(=O)[C@@H]2C[C@H](NC(=O)c3c(Cl)cccc3Cl)CN2C1=O. The summed E-state index contributed by atoms with van der Waals surface area (Å²) in [4.78, 5) is 39.2. The smallest absolute Gasteiger partial charge is 0.254 e. The molecule has 26 heavy (non-hydrogen) atoms. The molecular weight excluding hydrogens is 377 g/mol. The highest BCUT2D eigenvalue weighted by Gasteiger charge is 2.47. The molecular formula is C18H21Cl2N3O3. The Hall–Kier alpha value is -1.79. The van der Waals surface area contributed by atoms with Gasteiger partial charge in [0.15, 0.2) is 0 Å². The molecule has 140 valence electrons. The van der Waals surface area contributed by atoms with Crippen LogP contribution in [0, 0.1) is 5.92 Å². The van der Waals surface area contributed by atoms with Crippen molar-refractivity contribution < 1.29 is 14.4 Å². The third-order valence-corrected chi connectivity index (χ3v) is 5.82. The molecule has 0 unspecified atom stereocenters. The van der Waals surface area contributed by atoms with Gasteiger partial charge in [-0.1, -0.05) is 49.5 Å². The van der Waals surface area contributed by atoms with Crippen LogP contribution in [0.2, 0.25) is 10.0 Å². The highest BCUT2D eigenvalue weighted by Crippen LogP contribution is 2.28. The highest BCUT2D eigenvalue weighted by atomic mass is 35.5. The van der Waals surface area contributed by atoms with E-state index in [1.165, 1.54) is 0 Å². The monoisotopic (exact) mass is 397 g/mol. The number of piperazine rings is 1. The van der Waals surface area contributed by atoms with Crippen LogP contribution in [0.4, 0.5) is 0 Å². The lowest BCUT2D eigenvalue weighted by atomic mass is 9.95. The normalized spacial score (nSPS) is 26.3. The number of benzene rings is 1. The molecule has 0 spiro atoms. The number of hydrogen-bond donors (Lipinski definition) is 2. The number of carbonyl (C=O) groups is 3. The topological polar surface area (TPSA) is 78.5 Å². The first-order valence-corrected chi connectivity index (χ1v) is 9.44. The molecule has 0 saturated carbocycles. The third-order valence-electron chi connectivity index (χ3n) is 5.19. The molecule has 2 N–H and O–H groups in total. The average molecular weight is 398 g/mol. The second-order valence-corrected chi connectivity index (χ2v) is 7.70. The molecule has 3 amide bonds. The van der Waals surface area contributed by atoms with E-state index in [-0.39, 0.29) is 39.4 Å². The van der Waals surface area contributed by atoms with Gasteiger partial charge < -0.3 is 15.5 Å². The van der Waals surface area contributed by atoms with Crippen LogP contribution in [0.5, 0.6) is 0 Å². The maximum atomic E-state index is 12.7. The summed E-state index contributed by atoms with van der Waals surface area (Å²) in [7, 11) is 0. The predicted molar refractivity (Wildman–Crippen MR) is 99.2 cm³/mol. The molecule has 6 nitrogen and oxygen atoms in total. The lowest BCUT2D eigenvalue weighted by Crippen LogP contribution is -2.62. The Labute approximate surface area is 162 Å². The zero-order chi connectivity index (χ0) is 19.0. The van der Waals surface area contributed by atoms with Crippen molar-refractivity contribution in [3.8, 4) is 0 Å². The Morgan fingerprint density at radius 1 is 1.35 bits per heavy atom. The molecule has 1 aromatic rings. The zero-order valence-electron chi connectivity index (χ0n) is 14.6. The average Bonchev–Trinajstić information content (AvgIpc) is 3.02. The van der Waals surface area contributed by atoms with Gasteiger partial charge in [0.1, 0.15) is 12.1 Å². The van der Waals surface area contributed by atoms with E-state index in [1.54, 1.807) is 23.1 Å². The van der Waals surface area contributed by atoms with Crippen molar-refractivity contribution in [1.82, 2.24) is 15.5 Å². The number of hydrogen-bond acceptors (Lipinski definition) is 3. The molecule has 2 aliphatic heterocycles. The van der Waals surface area contributed by atoms with Crippen LogP contribution in [-0.2, 0) is 9.59 Å². The second-order valence-electron chi connectivity index (χ2n) is 6.88. The predicted octanol–water partition coefficient (Wildman–Crippen LogP) is 2.24. The van der Waals surface area contributed by atoms with Gasteiger partial charge in [-0.05, 0) is 24.5 Å². The van der Waals surface area contributed by atoms with E-state index >= 15 is 0 Å². The standard InChI is InChI=1S/C18H21Cl2N3O3/c1-3-9(2)15-18(26)23-8-10(7-13(23)16(24)22-15)21-17(25)14-11(19)5-4-6-12(14)20/h4-6,9-10,13,15H,3,7-8H2,1-2H3,(H,21,25)(H,22,24)/t9-,10-,13-,15-/m0/s1. The molecule has 2 aliphatic rings. The number of nitrogens with zero attached hydrogens (tertiary/aromatic N) is 1. The van der Waals surface area contributed by atoms with Crippen LogP contribution in [0.15, 0.2) is 18.2 Å². The summed E-state index contributed by atoms with van der Waals surface area (Å²) < 4.78 is 0. The van der Waals surface area contributed by atoms with E-state index in [9.17, 15) is 14.4 Å². The third kappa shape index (κ3) is 3.40. The second kappa shape index (κ2) is 7.45. The minimum atomic E-state index is -0.546. The van der Waals surface area contributed by atoms with Crippen LogP contribution in [-0.4, -0.2) is 47.3 Å². The number of carbonyl (C=O) groups excluding carboxylic acids is 3. The summed E-state index contributed by atoms with van der Waals surface area (Å²) >= 11 is 12.1. The first kappa shape index (κ1) is 19.0. The summed E-state index contributed by atoms with van der Waals surface area (Å²) in [6.45, 7) is 4.23. The molecule has 2 fully saturated rings. The van der Waals surface area contributed by atoms with Crippen LogP contribution in [0.3, 0.4) is 0 Å². The van der Waals surface area contributed by atoms with Gasteiger partial charge in [-0.15, -0.1) is 0 Å². The Bertz CT molecular complexity index is 735. The number of halogens is 2. The van der Waals surface area contributed by atoms with E-state index in [0.717, 1.165) is 6.42 Å². The molecule has 0 aliphatic carbocycles. The maximum absolute atomic E-state index is 12.7. The van der Waals surface area contributed by atoms with Gasteiger partial charge in [0.05, 0.1) is 15.6 Å². The minimum Gasteiger partial charge on any atom is -0.347 e. The van der Waals surface area contributed by atoms with Gasteiger partial charge in [0.25, 0.3) is 5.91 Å². The fourth-order valence-electron chi connectivity index (χ4n) is 3.52. The van der Waals surface area contributed by atoms with Gasteiger partial charge >= 0.3 is 0 Å². The summed E-state index contributed by atoms with van der Waals surface area (Å²) in [5.74, 6) is -0.598. The van der Waals surface area contributed by atoms with E-state index < -0.39 is 18.0 Å². The Kier molecular flexibility index (Phi) is 5.44. The van der Waals surface area contributed by atoms with Crippen molar-refractivity contribution in [3.63, 3.8) is 0 Å². The van der Waals surface area contributed by atoms with Crippen LogP contribution >= 0.6 is 23.2 Å². The molecule has 0 radical (unpaired) electrons. The molecule has 3 rings (SSSR count). The van der Waals surface area contributed by atoms with Crippen LogP contribution in [0.25, 0.3) is 0 Å². The molecule has 0 aromatic heterocycles. The first-order chi connectivity index (χ1) is 12.3. The van der Waals surface area contributed by atoms with E-state index in [2.05, 4.69) is 10.6 Å².